The molecule has 0 unspecified atom stereocenters. The topological polar surface area (TPSA) is 135 Å². The van der Waals surface area contributed by atoms with E-state index in [2.05, 4.69) is 24.9 Å². The minimum atomic E-state index is -1.26. The number of amidine groups is 1. The van der Waals surface area contributed by atoms with Crippen molar-refractivity contribution in [1.29, 1.82) is 0 Å². The Morgan fingerprint density at radius 3 is 2.73 bits per heavy atom. The number of nitrogens with zero attached hydrogens (tertiary/aromatic N) is 6. The molecule has 0 saturated carbocycles. The van der Waals surface area contributed by atoms with Crippen molar-refractivity contribution in [3.8, 4) is 17.0 Å². The molecule has 11 nitrogen and oxygen atoms in total. The van der Waals surface area contributed by atoms with E-state index in [0.717, 1.165) is 34.4 Å². The van der Waals surface area contributed by atoms with Crippen LogP contribution in [0.4, 0.5) is 4.79 Å². The smallest absolute Gasteiger partial charge is 0.410 e. The zero-order valence-electron chi connectivity index (χ0n) is 18.8. The number of aromatic nitrogens is 4. The average molecular weight is 470 g/mol. The lowest BCUT2D eigenvalue weighted by Crippen LogP contribution is -2.32. The molecule has 0 spiro atoms. The molecule has 0 bridgehead atoms. The van der Waals surface area contributed by atoms with Gasteiger partial charge in [-0.25, -0.2) is 4.79 Å². The van der Waals surface area contributed by atoms with E-state index in [0.29, 0.717) is 34.0 Å². The zero-order valence-corrected chi connectivity index (χ0v) is 19.6. The standard InChI is InChI=1S/C21H23N7O4S/c1-10-7-22-15(11(2)18(10)32-5)8-28-24-14-6-12(20(29)27(3)4)13-9-33-26-19(23-21(30)31)17(25-28)16(13)14/h6-7H,8-9H2,1-5H3,(H,23,26)(H,30,31). The van der Waals surface area contributed by atoms with Gasteiger partial charge < -0.3 is 14.7 Å². The molecule has 1 aromatic heterocycles. The van der Waals surface area contributed by atoms with E-state index in [1.54, 1.807) is 33.5 Å². The second kappa shape index (κ2) is 8.70. The molecule has 2 amide bonds. The van der Waals surface area contributed by atoms with Gasteiger partial charge in [-0.1, -0.05) is 0 Å². The van der Waals surface area contributed by atoms with Crippen LogP contribution in [0.5, 0.6) is 5.75 Å². The monoisotopic (exact) mass is 469 g/mol. The number of ether oxygens (including phenoxy) is 1. The molecule has 12 heteroatoms. The second-order valence-electron chi connectivity index (χ2n) is 7.77. The van der Waals surface area contributed by atoms with Crippen LogP contribution in [0.15, 0.2) is 16.7 Å². The summed E-state index contributed by atoms with van der Waals surface area (Å²) in [5.41, 5.74) is 5.16. The zero-order chi connectivity index (χ0) is 23.9. The highest BCUT2D eigenvalue weighted by Gasteiger charge is 2.31. The number of hydrogen-bond acceptors (Lipinski definition) is 8. The number of rotatable bonds is 4. The third kappa shape index (κ3) is 4.09. The number of carbonyl (C=O) groups excluding carboxylic acids is 1. The molecule has 2 aliphatic heterocycles. The van der Waals surface area contributed by atoms with Gasteiger partial charge in [0.15, 0.2) is 5.84 Å². The normalized spacial score (nSPS) is 12.8. The van der Waals surface area contributed by atoms with E-state index in [1.165, 1.54) is 9.70 Å². The molecule has 3 aliphatic rings. The van der Waals surface area contributed by atoms with Crippen molar-refractivity contribution in [1.82, 2.24) is 30.2 Å². The third-order valence-corrected chi connectivity index (χ3v) is 6.06. The predicted octanol–water partition coefficient (Wildman–Crippen LogP) is 2.33. The summed E-state index contributed by atoms with van der Waals surface area (Å²) in [4.78, 5) is 31.6. The van der Waals surface area contributed by atoms with Crippen LogP contribution in [0.2, 0.25) is 0 Å². The number of methoxy groups -OCH3 is 1. The first-order chi connectivity index (χ1) is 15.7. The summed E-state index contributed by atoms with van der Waals surface area (Å²) in [5, 5.41) is 20.9. The van der Waals surface area contributed by atoms with Crippen molar-refractivity contribution in [2.45, 2.75) is 26.1 Å². The molecule has 172 valence electrons. The van der Waals surface area contributed by atoms with Crippen molar-refractivity contribution in [2.24, 2.45) is 4.40 Å². The van der Waals surface area contributed by atoms with Gasteiger partial charge in [0.25, 0.3) is 5.91 Å². The van der Waals surface area contributed by atoms with Crippen molar-refractivity contribution >= 4 is 29.8 Å². The lowest BCUT2D eigenvalue weighted by Gasteiger charge is -2.15. The molecule has 2 N–H and O–H groups in total. The predicted molar refractivity (Wildman–Crippen MR) is 123 cm³/mol. The Hall–Kier alpha value is -3.67. The van der Waals surface area contributed by atoms with E-state index in [9.17, 15) is 14.7 Å². The van der Waals surface area contributed by atoms with Crippen LogP contribution in [0.3, 0.4) is 0 Å². The molecule has 1 aromatic rings. The Labute approximate surface area is 194 Å². The van der Waals surface area contributed by atoms with Crippen LogP contribution in [-0.4, -0.2) is 69.0 Å². The summed E-state index contributed by atoms with van der Waals surface area (Å²) >= 11 is 1.15. The maximum Gasteiger partial charge on any atom is 0.410 e. The fourth-order valence-corrected chi connectivity index (χ4v) is 4.57. The van der Waals surface area contributed by atoms with Crippen molar-refractivity contribution in [3.05, 3.63) is 45.9 Å². The molecular weight excluding hydrogens is 446 g/mol. The highest BCUT2D eigenvalue weighted by atomic mass is 32.2. The van der Waals surface area contributed by atoms with Gasteiger partial charge in [0.1, 0.15) is 18.0 Å². The molecule has 33 heavy (non-hydrogen) atoms. The Kier molecular flexibility index (Phi) is 5.93. The fraction of sp³-hybridized carbons (Fsp3) is 0.333. The number of aryl methyl sites for hydroxylation is 1. The van der Waals surface area contributed by atoms with Gasteiger partial charge in [-0.3, -0.25) is 15.1 Å². The Morgan fingerprint density at radius 1 is 1.30 bits per heavy atom. The lowest BCUT2D eigenvalue weighted by molar-refractivity contribution is 0.0827. The van der Waals surface area contributed by atoms with Crippen LogP contribution in [0.25, 0.3) is 11.3 Å². The highest BCUT2D eigenvalue weighted by Crippen LogP contribution is 2.38. The van der Waals surface area contributed by atoms with Crippen molar-refractivity contribution in [2.75, 3.05) is 21.2 Å². The number of amides is 2. The summed E-state index contributed by atoms with van der Waals surface area (Å²) < 4.78 is 9.80. The first-order valence-electron chi connectivity index (χ1n) is 10.0. The first-order valence-corrected chi connectivity index (χ1v) is 11.0. The summed E-state index contributed by atoms with van der Waals surface area (Å²) in [5.74, 6) is 1.05. The molecule has 0 saturated heterocycles. The van der Waals surface area contributed by atoms with E-state index in [-0.39, 0.29) is 18.3 Å². The summed E-state index contributed by atoms with van der Waals surface area (Å²) in [6, 6.07) is 1.72. The maximum atomic E-state index is 12.8. The van der Waals surface area contributed by atoms with Gasteiger partial charge in [0.05, 0.1) is 18.5 Å². The summed E-state index contributed by atoms with van der Waals surface area (Å²) in [6.45, 7) is 4.04. The fourth-order valence-electron chi connectivity index (χ4n) is 3.81. The van der Waals surface area contributed by atoms with Gasteiger partial charge in [0.2, 0.25) is 0 Å². The molecule has 0 radical (unpaired) electrons. The molecule has 3 heterocycles. The SMILES string of the molecule is COc1c(C)cnc(Cn2nc3cc(C(=O)N(C)C)c4c-3c(n2)C(NC(=O)O)=NSC4)c1C. The van der Waals surface area contributed by atoms with Crippen LogP contribution >= 0.6 is 11.9 Å². The quantitative estimate of drug-likeness (QED) is 0.556. The third-order valence-electron chi connectivity index (χ3n) is 5.33. The van der Waals surface area contributed by atoms with Crippen molar-refractivity contribution < 1.29 is 19.4 Å². The van der Waals surface area contributed by atoms with Crippen LogP contribution in [-0.2, 0) is 12.3 Å². The Bertz CT molecular complexity index is 1270. The Balaban J connectivity index is 1.89. The molecule has 0 atom stereocenters. The van der Waals surface area contributed by atoms with E-state index in [4.69, 9.17) is 4.74 Å². The minimum absolute atomic E-state index is 0.0908. The van der Waals surface area contributed by atoms with Gasteiger partial charge >= 0.3 is 6.09 Å². The number of nitrogens with one attached hydrogen (secondary N) is 1. The van der Waals surface area contributed by atoms with Gasteiger partial charge in [-0.15, -0.1) is 0 Å². The van der Waals surface area contributed by atoms with E-state index >= 15 is 0 Å². The minimum Gasteiger partial charge on any atom is -0.496 e. The number of hydrogen-bond donors (Lipinski definition) is 2. The molecule has 1 aliphatic carbocycles. The summed E-state index contributed by atoms with van der Waals surface area (Å²) in [6.07, 6.45) is 0.465. The van der Waals surface area contributed by atoms with Crippen molar-refractivity contribution in [3.63, 3.8) is 0 Å². The molecular formula is C21H23N7O4S. The van der Waals surface area contributed by atoms with Gasteiger partial charge in [0, 0.05) is 48.3 Å². The number of carbonyl (C=O) groups is 2. The largest absolute Gasteiger partial charge is 0.496 e. The van der Waals surface area contributed by atoms with E-state index < -0.39 is 6.09 Å². The Morgan fingerprint density at radius 2 is 2.06 bits per heavy atom. The molecule has 0 aromatic carbocycles. The van der Waals surface area contributed by atoms with Crippen LogP contribution < -0.4 is 10.1 Å². The lowest BCUT2D eigenvalue weighted by atomic mass is 10.1. The van der Waals surface area contributed by atoms with Crippen LogP contribution in [0, 0.1) is 13.8 Å². The van der Waals surface area contributed by atoms with Crippen LogP contribution in [0.1, 0.15) is 38.4 Å². The highest BCUT2D eigenvalue weighted by molar-refractivity contribution is 7.97. The number of carboxylic acid groups (broad SMARTS) is 1. The van der Waals surface area contributed by atoms with Gasteiger partial charge in [-0.2, -0.15) is 19.4 Å². The second-order valence-corrected chi connectivity index (χ2v) is 8.49. The maximum absolute atomic E-state index is 12.8. The summed E-state index contributed by atoms with van der Waals surface area (Å²) in [7, 11) is 4.96. The first kappa shape index (κ1) is 22.5. The van der Waals surface area contributed by atoms with Gasteiger partial charge in [-0.05, 0) is 37.4 Å². The molecule has 0 fully saturated rings. The van der Waals surface area contributed by atoms with E-state index in [1.807, 2.05) is 13.8 Å². The molecule has 4 rings (SSSR count). The average Bonchev–Trinajstić information content (AvgIpc) is 3.02. The number of pyridine rings is 1.